The average molecular weight is 287 g/mol. The van der Waals surface area contributed by atoms with Gasteiger partial charge in [-0.3, -0.25) is 0 Å². The Bertz CT molecular complexity index is 525. The molecule has 1 aromatic heterocycles. The molecule has 0 radical (unpaired) electrons. The van der Waals surface area contributed by atoms with Crippen LogP contribution < -0.4 is 5.32 Å². The summed E-state index contributed by atoms with van der Waals surface area (Å²) in [5, 5.41) is 3.53. The van der Waals surface area contributed by atoms with Gasteiger partial charge in [-0.2, -0.15) is 0 Å². The van der Waals surface area contributed by atoms with Gasteiger partial charge in [0.1, 0.15) is 5.52 Å². The van der Waals surface area contributed by atoms with Crippen LogP contribution in [0.4, 0.5) is 0 Å². The summed E-state index contributed by atoms with van der Waals surface area (Å²) in [6, 6.07) is 8.38. The SMILES string of the molecule is CC(CN1CCCCCC1)NCc1nc2ccccc2o1. The Morgan fingerprint density at radius 2 is 1.95 bits per heavy atom. The zero-order chi connectivity index (χ0) is 14.5. The van der Waals surface area contributed by atoms with Crippen molar-refractivity contribution < 1.29 is 4.42 Å². The maximum absolute atomic E-state index is 5.74. The van der Waals surface area contributed by atoms with Crippen LogP contribution in [0.15, 0.2) is 28.7 Å². The summed E-state index contributed by atoms with van der Waals surface area (Å²) in [5.74, 6) is 0.777. The van der Waals surface area contributed by atoms with Crippen LogP contribution in [-0.2, 0) is 6.54 Å². The summed E-state index contributed by atoms with van der Waals surface area (Å²) in [6.07, 6.45) is 5.47. The van der Waals surface area contributed by atoms with Crippen LogP contribution in [0.2, 0.25) is 0 Å². The van der Waals surface area contributed by atoms with Crippen molar-refractivity contribution in [3.8, 4) is 0 Å². The Morgan fingerprint density at radius 3 is 2.71 bits per heavy atom. The van der Waals surface area contributed by atoms with Crippen LogP contribution in [0.3, 0.4) is 0 Å². The van der Waals surface area contributed by atoms with E-state index >= 15 is 0 Å². The molecular weight excluding hydrogens is 262 g/mol. The Balaban J connectivity index is 1.49. The van der Waals surface area contributed by atoms with Gasteiger partial charge >= 0.3 is 0 Å². The van der Waals surface area contributed by atoms with Crippen molar-refractivity contribution in [2.24, 2.45) is 0 Å². The lowest BCUT2D eigenvalue weighted by molar-refractivity contribution is 0.253. The largest absolute Gasteiger partial charge is 0.439 e. The van der Waals surface area contributed by atoms with E-state index in [0.29, 0.717) is 12.6 Å². The molecule has 0 spiro atoms. The summed E-state index contributed by atoms with van der Waals surface area (Å²) >= 11 is 0. The van der Waals surface area contributed by atoms with Gasteiger partial charge in [0, 0.05) is 12.6 Å². The molecule has 1 aromatic carbocycles. The molecule has 0 saturated carbocycles. The first-order chi connectivity index (χ1) is 10.3. The van der Waals surface area contributed by atoms with Gasteiger partial charge in [0.25, 0.3) is 0 Å². The van der Waals surface area contributed by atoms with E-state index in [9.17, 15) is 0 Å². The smallest absolute Gasteiger partial charge is 0.209 e. The third-order valence-corrected chi connectivity index (χ3v) is 4.17. The highest BCUT2D eigenvalue weighted by Crippen LogP contribution is 2.14. The molecule has 3 rings (SSSR count). The minimum atomic E-state index is 0.457. The van der Waals surface area contributed by atoms with E-state index in [1.165, 1.54) is 38.8 Å². The first-order valence-corrected chi connectivity index (χ1v) is 8.11. The van der Waals surface area contributed by atoms with Gasteiger partial charge in [-0.1, -0.05) is 25.0 Å². The maximum Gasteiger partial charge on any atom is 0.209 e. The number of nitrogens with one attached hydrogen (secondary N) is 1. The Hall–Kier alpha value is -1.39. The van der Waals surface area contributed by atoms with E-state index < -0.39 is 0 Å². The number of rotatable bonds is 5. The van der Waals surface area contributed by atoms with Gasteiger partial charge < -0.3 is 14.6 Å². The highest BCUT2D eigenvalue weighted by Gasteiger charge is 2.13. The summed E-state index contributed by atoms with van der Waals surface area (Å²) < 4.78 is 5.74. The van der Waals surface area contributed by atoms with Crippen LogP contribution in [-0.4, -0.2) is 35.6 Å². The number of benzene rings is 1. The van der Waals surface area contributed by atoms with Gasteiger partial charge in [0.2, 0.25) is 5.89 Å². The van der Waals surface area contributed by atoms with Gasteiger partial charge in [-0.25, -0.2) is 4.98 Å². The van der Waals surface area contributed by atoms with E-state index in [1.54, 1.807) is 0 Å². The van der Waals surface area contributed by atoms with Crippen molar-refractivity contribution in [3.05, 3.63) is 30.2 Å². The molecule has 1 aliphatic rings. The van der Waals surface area contributed by atoms with Crippen molar-refractivity contribution in [1.82, 2.24) is 15.2 Å². The molecule has 0 aliphatic carbocycles. The van der Waals surface area contributed by atoms with Gasteiger partial charge in [-0.15, -0.1) is 0 Å². The van der Waals surface area contributed by atoms with E-state index in [1.807, 2.05) is 24.3 Å². The molecule has 2 heterocycles. The first kappa shape index (κ1) is 14.5. The predicted octanol–water partition coefficient (Wildman–Crippen LogP) is 3.18. The molecule has 1 saturated heterocycles. The molecule has 114 valence electrons. The van der Waals surface area contributed by atoms with Crippen molar-refractivity contribution in [1.29, 1.82) is 0 Å². The molecule has 1 N–H and O–H groups in total. The zero-order valence-corrected chi connectivity index (χ0v) is 12.8. The quantitative estimate of drug-likeness (QED) is 0.917. The highest BCUT2D eigenvalue weighted by molar-refractivity contribution is 5.72. The van der Waals surface area contributed by atoms with E-state index in [4.69, 9.17) is 4.42 Å². The number of hydrogen-bond donors (Lipinski definition) is 1. The van der Waals surface area contributed by atoms with E-state index in [-0.39, 0.29) is 0 Å². The molecule has 1 fully saturated rings. The summed E-state index contributed by atoms with van der Waals surface area (Å²) in [4.78, 5) is 7.08. The van der Waals surface area contributed by atoms with Gasteiger partial charge in [-0.05, 0) is 45.0 Å². The second kappa shape index (κ2) is 7.05. The Labute approximate surface area is 126 Å². The third-order valence-electron chi connectivity index (χ3n) is 4.17. The predicted molar refractivity (Wildman–Crippen MR) is 85.2 cm³/mol. The van der Waals surface area contributed by atoms with Crippen LogP contribution in [0.5, 0.6) is 0 Å². The maximum atomic E-state index is 5.74. The van der Waals surface area contributed by atoms with Crippen LogP contribution in [0, 0.1) is 0 Å². The minimum Gasteiger partial charge on any atom is -0.439 e. The Kier molecular flexibility index (Phi) is 4.88. The normalized spacial score (nSPS) is 18.7. The summed E-state index contributed by atoms with van der Waals surface area (Å²) in [7, 11) is 0. The number of likely N-dealkylation sites (tertiary alicyclic amines) is 1. The molecule has 1 aliphatic heterocycles. The van der Waals surface area contributed by atoms with Crippen molar-refractivity contribution in [2.45, 2.75) is 45.2 Å². The summed E-state index contributed by atoms with van der Waals surface area (Å²) in [6.45, 7) is 6.54. The van der Waals surface area contributed by atoms with Crippen LogP contribution in [0.1, 0.15) is 38.5 Å². The van der Waals surface area contributed by atoms with Gasteiger partial charge in [0.05, 0.1) is 6.54 Å². The van der Waals surface area contributed by atoms with E-state index in [0.717, 1.165) is 23.5 Å². The van der Waals surface area contributed by atoms with Gasteiger partial charge in [0.15, 0.2) is 5.58 Å². The number of hydrogen-bond acceptors (Lipinski definition) is 4. The molecule has 4 nitrogen and oxygen atoms in total. The lowest BCUT2D eigenvalue weighted by Gasteiger charge is -2.24. The standard InChI is InChI=1S/C17H25N3O/c1-14(13-20-10-6-2-3-7-11-20)18-12-17-19-15-8-4-5-9-16(15)21-17/h4-5,8-9,14,18H,2-3,6-7,10-13H2,1H3. The zero-order valence-electron chi connectivity index (χ0n) is 12.8. The summed E-state index contributed by atoms with van der Waals surface area (Å²) in [5.41, 5.74) is 1.81. The second-order valence-electron chi connectivity index (χ2n) is 6.07. The lowest BCUT2D eigenvalue weighted by Crippen LogP contribution is -2.39. The third kappa shape index (κ3) is 4.05. The Morgan fingerprint density at radius 1 is 1.19 bits per heavy atom. The topological polar surface area (TPSA) is 41.3 Å². The average Bonchev–Trinajstić information content (AvgIpc) is 2.74. The van der Waals surface area contributed by atoms with Crippen LogP contribution >= 0.6 is 0 Å². The first-order valence-electron chi connectivity index (χ1n) is 8.11. The molecule has 4 heteroatoms. The van der Waals surface area contributed by atoms with Crippen molar-refractivity contribution in [3.63, 3.8) is 0 Å². The number of nitrogens with zero attached hydrogens (tertiary/aromatic N) is 2. The fourth-order valence-corrected chi connectivity index (χ4v) is 3.03. The molecule has 21 heavy (non-hydrogen) atoms. The molecule has 0 bridgehead atoms. The number of aromatic nitrogens is 1. The molecule has 1 atom stereocenters. The fraction of sp³-hybridized carbons (Fsp3) is 0.588. The monoisotopic (exact) mass is 287 g/mol. The number of para-hydroxylation sites is 2. The second-order valence-corrected chi connectivity index (χ2v) is 6.07. The highest BCUT2D eigenvalue weighted by atomic mass is 16.3. The van der Waals surface area contributed by atoms with Crippen molar-refractivity contribution in [2.75, 3.05) is 19.6 Å². The minimum absolute atomic E-state index is 0.457. The van der Waals surface area contributed by atoms with Crippen LogP contribution in [0.25, 0.3) is 11.1 Å². The fourth-order valence-electron chi connectivity index (χ4n) is 3.03. The van der Waals surface area contributed by atoms with Crippen molar-refractivity contribution >= 4 is 11.1 Å². The molecule has 2 aromatic rings. The molecule has 1 unspecified atom stereocenters. The van der Waals surface area contributed by atoms with E-state index in [2.05, 4.69) is 22.1 Å². The number of oxazole rings is 1. The number of fused-ring (bicyclic) bond motifs is 1. The molecule has 0 amide bonds. The molecular formula is C17H25N3O. The lowest BCUT2D eigenvalue weighted by atomic mass is 10.2.